The molecule has 8 nitrogen and oxygen atoms in total. The van der Waals surface area contributed by atoms with E-state index >= 15 is 0 Å². The van der Waals surface area contributed by atoms with Crippen LogP contribution in [-0.2, 0) is 18.6 Å². The van der Waals surface area contributed by atoms with Gasteiger partial charge in [-0.3, -0.25) is 0 Å². The molecule has 2 aliphatic heterocycles. The molecule has 2 aliphatic rings. The third-order valence-electron chi connectivity index (χ3n) is 7.46. The van der Waals surface area contributed by atoms with Gasteiger partial charge in [-0.25, -0.2) is 29.9 Å². The Kier molecular flexibility index (Phi) is 5.16. The Morgan fingerprint density at radius 2 is 0.561 bits per heavy atom. The van der Waals surface area contributed by atoms with Crippen molar-refractivity contribution in [3.05, 3.63) is 97.1 Å². The molecule has 7 aromatic rings. The van der Waals surface area contributed by atoms with Crippen LogP contribution in [0.15, 0.2) is 97.1 Å². The maximum atomic E-state index is 5.02. The molecule has 9 heteroatoms. The Morgan fingerprint density at radius 3 is 0.829 bits per heavy atom. The van der Waals surface area contributed by atoms with Crippen LogP contribution in [0, 0.1) is 0 Å². The van der Waals surface area contributed by atoms with Gasteiger partial charge in [0.2, 0.25) is 0 Å². The first-order chi connectivity index (χ1) is 19.8. The molecule has 4 aromatic carbocycles. The normalized spacial score (nSPS) is 11.7. The smallest absolute Gasteiger partial charge is 0.164 e. The van der Waals surface area contributed by atoms with E-state index in [4.69, 9.17) is 29.9 Å². The SMILES string of the molecule is [V].c1ccc2c(c1)-c1nc-2nc2[nH]c(nc3nc(nc4[nH]c(n1)c1ccccc41)-c1ccccc1-3)c1ccccc21. The van der Waals surface area contributed by atoms with Crippen LogP contribution in [0.25, 0.3) is 89.7 Å². The zero-order valence-electron chi connectivity index (χ0n) is 21.4. The molecule has 191 valence electrons. The maximum absolute atomic E-state index is 5.02. The van der Waals surface area contributed by atoms with Crippen LogP contribution in [0.5, 0.6) is 0 Å². The van der Waals surface area contributed by atoms with Crippen molar-refractivity contribution in [3.8, 4) is 45.6 Å². The molecule has 0 saturated carbocycles. The molecule has 1 radical (unpaired) electrons. The Labute approximate surface area is 244 Å². The van der Waals surface area contributed by atoms with Gasteiger partial charge in [0, 0.05) is 62.4 Å². The summed E-state index contributed by atoms with van der Waals surface area (Å²) in [4.78, 5) is 36.8. The van der Waals surface area contributed by atoms with E-state index in [-0.39, 0.29) is 18.6 Å². The first-order valence-electron chi connectivity index (χ1n) is 13.0. The van der Waals surface area contributed by atoms with Crippen LogP contribution in [0.2, 0.25) is 0 Å². The maximum Gasteiger partial charge on any atom is 0.164 e. The molecule has 8 bridgehead atoms. The van der Waals surface area contributed by atoms with Gasteiger partial charge in [0.15, 0.2) is 23.3 Å². The minimum absolute atomic E-state index is 0. The molecule has 0 fully saturated rings. The standard InChI is InChI=1S/C32H18N8.V/c1-2-10-18-17(9-1)25-33-26(18)38-28-21-13-5-6-14-22(21)30(35-28)40-32-24-16-8-7-15-23(24)31(36-32)39-29-20-12-4-3-11-19(20)27(34-29)37-25;/h1-16H,(H2,33,34,35,36,37,38,39,40);. The number of nitrogens with one attached hydrogen (secondary N) is 2. The summed E-state index contributed by atoms with van der Waals surface area (Å²) in [6.07, 6.45) is 0. The van der Waals surface area contributed by atoms with Crippen molar-refractivity contribution in [2.45, 2.75) is 0 Å². The van der Waals surface area contributed by atoms with Crippen molar-refractivity contribution < 1.29 is 18.6 Å². The van der Waals surface area contributed by atoms with E-state index in [0.717, 1.165) is 43.8 Å². The molecule has 0 unspecified atom stereocenters. The van der Waals surface area contributed by atoms with Gasteiger partial charge < -0.3 is 9.97 Å². The monoisotopic (exact) mass is 565 g/mol. The fourth-order valence-electron chi connectivity index (χ4n) is 5.59. The Morgan fingerprint density at radius 1 is 0.317 bits per heavy atom. The second-order valence-electron chi connectivity index (χ2n) is 9.79. The van der Waals surface area contributed by atoms with Crippen molar-refractivity contribution in [1.82, 2.24) is 39.9 Å². The van der Waals surface area contributed by atoms with Crippen molar-refractivity contribution in [1.29, 1.82) is 0 Å². The third-order valence-corrected chi connectivity index (χ3v) is 7.46. The Balaban J connectivity index is 0.00000256. The molecule has 3 aromatic heterocycles. The van der Waals surface area contributed by atoms with E-state index in [0.29, 0.717) is 45.9 Å². The topological polar surface area (TPSA) is 109 Å². The van der Waals surface area contributed by atoms with Gasteiger partial charge in [-0.2, -0.15) is 0 Å². The number of benzene rings is 4. The molecule has 5 heterocycles. The van der Waals surface area contributed by atoms with Crippen LogP contribution in [0.4, 0.5) is 0 Å². The summed E-state index contributed by atoms with van der Waals surface area (Å²) < 4.78 is 0. The second kappa shape index (κ2) is 8.92. The van der Waals surface area contributed by atoms with E-state index in [1.165, 1.54) is 0 Å². The molecular weight excluding hydrogens is 547 g/mol. The minimum atomic E-state index is 0. The second-order valence-corrected chi connectivity index (χ2v) is 9.79. The fraction of sp³-hybridized carbons (Fsp3) is 0. The van der Waals surface area contributed by atoms with Crippen LogP contribution < -0.4 is 0 Å². The van der Waals surface area contributed by atoms with Crippen molar-refractivity contribution in [2.24, 2.45) is 0 Å². The molecule has 9 rings (SSSR count). The van der Waals surface area contributed by atoms with Crippen LogP contribution in [0.3, 0.4) is 0 Å². The molecule has 0 saturated heterocycles. The fourth-order valence-corrected chi connectivity index (χ4v) is 5.59. The van der Waals surface area contributed by atoms with Gasteiger partial charge in [0.05, 0.1) is 0 Å². The van der Waals surface area contributed by atoms with Crippen molar-refractivity contribution in [2.75, 3.05) is 0 Å². The molecule has 0 amide bonds. The number of hydrogen-bond acceptors (Lipinski definition) is 6. The zero-order chi connectivity index (χ0) is 26.2. The first kappa shape index (κ1) is 23.7. The van der Waals surface area contributed by atoms with Crippen molar-refractivity contribution >= 4 is 44.1 Å². The van der Waals surface area contributed by atoms with Gasteiger partial charge in [-0.1, -0.05) is 97.1 Å². The number of H-pyrrole nitrogens is 2. The molecule has 41 heavy (non-hydrogen) atoms. The summed E-state index contributed by atoms with van der Waals surface area (Å²) in [6.45, 7) is 0. The number of rotatable bonds is 0. The minimum Gasteiger partial charge on any atom is -0.324 e. The summed E-state index contributed by atoms with van der Waals surface area (Å²) in [5, 5.41) is 3.82. The number of fused-ring (bicyclic) bond motifs is 20. The average molecular weight is 565 g/mol. The zero-order valence-corrected chi connectivity index (χ0v) is 22.8. The summed E-state index contributed by atoms with van der Waals surface area (Å²) in [5.74, 6) is 2.39. The summed E-state index contributed by atoms with van der Waals surface area (Å²) in [7, 11) is 0. The number of nitrogens with zero attached hydrogens (tertiary/aromatic N) is 6. The average Bonchev–Trinajstić information content (AvgIpc) is 3.73. The Bertz CT molecular complexity index is 2030. The summed E-state index contributed by atoms with van der Waals surface area (Å²) in [6, 6.07) is 32.2. The van der Waals surface area contributed by atoms with E-state index in [1.54, 1.807) is 0 Å². The van der Waals surface area contributed by atoms with E-state index in [1.807, 2.05) is 97.1 Å². The predicted molar refractivity (Wildman–Crippen MR) is 156 cm³/mol. The molecule has 0 aliphatic carbocycles. The molecule has 0 spiro atoms. The van der Waals surface area contributed by atoms with Gasteiger partial charge in [-0.15, -0.1) is 0 Å². The largest absolute Gasteiger partial charge is 0.324 e. The summed E-state index contributed by atoms with van der Waals surface area (Å²) in [5.41, 5.74) is 6.45. The summed E-state index contributed by atoms with van der Waals surface area (Å²) >= 11 is 0. The van der Waals surface area contributed by atoms with Crippen molar-refractivity contribution in [3.63, 3.8) is 0 Å². The van der Waals surface area contributed by atoms with E-state index in [2.05, 4.69) is 9.97 Å². The quantitative estimate of drug-likeness (QED) is 0.208. The van der Waals surface area contributed by atoms with Gasteiger partial charge in [0.25, 0.3) is 0 Å². The third kappa shape index (κ3) is 3.55. The van der Waals surface area contributed by atoms with E-state index < -0.39 is 0 Å². The van der Waals surface area contributed by atoms with Gasteiger partial charge in [-0.05, 0) is 0 Å². The number of aromatic amines is 2. The number of aromatic nitrogens is 8. The van der Waals surface area contributed by atoms with Crippen LogP contribution in [-0.4, -0.2) is 39.9 Å². The number of hydrogen-bond donors (Lipinski definition) is 2. The van der Waals surface area contributed by atoms with Gasteiger partial charge in [0.1, 0.15) is 22.6 Å². The van der Waals surface area contributed by atoms with E-state index in [9.17, 15) is 0 Å². The predicted octanol–water partition coefficient (Wildman–Crippen LogP) is 6.87. The van der Waals surface area contributed by atoms with Gasteiger partial charge >= 0.3 is 0 Å². The van der Waals surface area contributed by atoms with Crippen LogP contribution in [0.1, 0.15) is 0 Å². The van der Waals surface area contributed by atoms with Crippen LogP contribution >= 0.6 is 0 Å². The first-order valence-corrected chi connectivity index (χ1v) is 13.0. The molecule has 0 atom stereocenters. The molecule has 2 N–H and O–H groups in total. The molecular formula is C32H18N8V. The Hall–Kier alpha value is -5.18.